The Morgan fingerprint density at radius 2 is 1.96 bits per heavy atom. The van der Waals surface area contributed by atoms with E-state index < -0.39 is 5.97 Å². The lowest BCUT2D eigenvalue weighted by Gasteiger charge is -2.11. The molecular weight excluding hydrogens is 340 g/mol. The van der Waals surface area contributed by atoms with Crippen molar-refractivity contribution in [2.45, 2.75) is 6.92 Å². The van der Waals surface area contributed by atoms with Crippen LogP contribution in [-0.2, 0) is 9.53 Å². The third kappa shape index (κ3) is 3.97. The summed E-state index contributed by atoms with van der Waals surface area (Å²) in [5, 5.41) is 2.69. The Kier molecular flexibility index (Phi) is 5.12. The highest BCUT2D eigenvalue weighted by atomic mass is 16.7. The molecule has 0 saturated heterocycles. The number of nitrogens with two attached hydrogens (primary N) is 1. The fraction of sp³-hybridized carbons (Fsp3) is 0.222. The van der Waals surface area contributed by atoms with E-state index in [1.807, 2.05) is 0 Å². The summed E-state index contributed by atoms with van der Waals surface area (Å²) in [5.74, 6) is 0.557. The number of carbonyl (C=O) groups excluding carboxylic acids is 2. The van der Waals surface area contributed by atoms with Crippen LogP contribution in [0.3, 0.4) is 0 Å². The van der Waals surface area contributed by atoms with Crippen LogP contribution in [0.5, 0.6) is 17.2 Å². The van der Waals surface area contributed by atoms with Gasteiger partial charge in [-0.15, -0.1) is 0 Å². The first-order valence-electron chi connectivity index (χ1n) is 7.95. The van der Waals surface area contributed by atoms with Gasteiger partial charge < -0.3 is 30.0 Å². The lowest BCUT2D eigenvalue weighted by Crippen LogP contribution is -2.20. The Morgan fingerprint density at radius 1 is 1.15 bits per heavy atom. The van der Waals surface area contributed by atoms with Crippen LogP contribution < -0.4 is 25.3 Å². The van der Waals surface area contributed by atoms with E-state index in [1.165, 1.54) is 18.2 Å². The normalized spacial score (nSPS) is 11.7. The summed E-state index contributed by atoms with van der Waals surface area (Å²) in [6, 6.07) is 9.57. The second-order valence-electron chi connectivity index (χ2n) is 5.38. The van der Waals surface area contributed by atoms with Gasteiger partial charge in [-0.05, 0) is 37.3 Å². The van der Waals surface area contributed by atoms with Gasteiger partial charge in [0.25, 0.3) is 5.91 Å². The summed E-state index contributed by atoms with van der Waals surface area (Å²) in [6.07, 6.45) is 0. The van der Waals surface area contributed by atoms with Gasteiger partial charge >= 0.3 is 5.97 Å². The third-order valence-corrected chi connectivity index (χ3v) is 3.54. The standard InChI is InChI=1S/C18H18N2O6/c1-2-23-18(22)11-3-5-13(19)15(7-11)24-9-17(21)20-12-4-6-14-16(8-12)26-10-25-14/h3-8H,2,9-10,19H2,1H3,(H,20,21). The van der Waals surface area contributed by atoms with Crippen LogP contribution in [0.4, 0.5) is 11.4 Å². The minimum atomic E-state index is -0.484. The lowest BCUT2D eigenvalue weighted by molar-refractivity contribution is -0.118. The highest BCUT2D eigenvalue weighted by Crippen LogP contribution is 2.34. The average Bonchev–Trinajstić information content (AvgIpc) is 3.09. The predicted molar refractivity (Wildman–Crippen MR) is 93.5 cm³/mol. The van der Waals surface area contributed by atoms with Crippen LogP contribution in [0, 0.1) is 0 Å². The average molecular weight is 358 g/mol. The summed E-state index contributed by atoms with van der Waals surface area (Å²) >= 11 is 0. The van der Waals surface area contributed by atoms with E-state index in [4.69, 9.17) is 24.7 Å². The van der Waals surface area contributed by atoms with Crippen molar-refractivity contribution in [2.75, 3.05) is 31.1 Å². The highest BCUT2D eigenvalue weighted by Gasteiger charge is 2.15. The molecule has 2 aromatic carbocycles. The fourth-order valence-electron chi connectivity index (χ4n) is 2.32. The van der Waals surface area contributed by atoms with Crippen molar-refractivity contribution in [3.8, 4) is 17.2 Å². The van der Waals surface area contributed by atoms with Gasteiger partial charge in [-0.2, -0.15) is 0 Å². The molecule has 3 rings (SSSR count). The second-order valence-corrected chi connectivity index (χ2v) is 5.38. The fourth-order valence-corrected chi connectivity index (χ4v) is 2.32. The quantitative estimate of drug-likeness (QED) is 0.602. The van der Waals surface area contributed by atoms with Crippen molar-refractivity contribution in [3.05, 3.63) is 42.0 Å². The molecule has 26 heavy (non-hydrogen) atoms. The second kappa shape index (κ2) is 7.64. The summed E-state index contributed by atoms with van der Waals surface area (Å²) in [6.45, 7) is 1.86. The van der Waals surface area contributed by atoms with Crippen LogP contribution >= 0.6 is 0 Å². The molecule has 136 valence electrons. The Balaban J connectivity index is 1.60. The largest absolute Gasteiger partial charge is 0.482 e. The number of rotatable bonds is 6. The van der Waals surface area contributed by atoms with Gasteiger partial charge in [-0.1, -0.05) is 0 Å². The summed E-state index contributed by atoms with van der Waals surface area (Å²) in [4.78, 5) is 23.8. The van der Waals surface area contributed by atoms with Gasteiger partial charge in [0.2, 0.25) is 6.79 Å². The van der Waals surface area contributed by atoms with Gasteiger partial charge in [-0.25, -0.2) is 4.79 Å². The zero-order chi connectivity index (χ0) is 18.5. The third-order valence-electron chi connectivity index (χ3n) is 3.54. The Bertz CT molecular complexity index is 836. The van der Waals surface area contributed by atoms with Gasteiger partial charge in [0.05, 0.1) is 17.9 Å². The van der Waals surface area contributed by atoms with Gasteiger partial charge in [0.15, 0.2) is 18.1 Å². The maximum Gasteiger partial charge on any atom is 0.338 e. The molecule has 1 amide bonds. The van der Waals surface area contributed by atoms with Crippen molar-refractivity contribution in [2.24, 2.45) is 0 Å². The van der Waals surface area contributed by atoms with Crippen LogP contribution in [-0.4, -0.2) is 31.9 Å². The number of amides is 1. The molecule has 0 radical (unpaired) electrons. The molecule has 0 aromatic heterocycles. The first-order valence-corrected chi connectivity index (χ1v) is 7.95. The molecule has 1 heterocycles. The van der Waals surface area contributed by atoms with Crippen molar-refractivity contribution in [1.82, 2.24) is 0 Å². The molecule has 0 aliphatic carbocycles. The number of fused-ring (bicyclic) bond motifs is 1. The van der Waals surface area contributed by atoms with Crippen LogP contribution in [0.15, 0.2) is 36.4 Å². The lowest BCUT2D eigenvalue weighted by atomic mass is 10.2. The zero-order valence-electron chi connectivity index (χ0n) is 14.1. The van der Waals surface area contributed by atoms with E-state index in [2.05, 4.69) is 5.32 Å². The summed E-state index contributed by atoms with van der Waals surface area (Å²) in [5.41, 5.74) is 6.99. The highest BCUT2D eigenvalue weighted by molar-refractivity contribution is 5.93. The van der Waals surface area contributed by atoms with Crippen molar-refractivity contribution in [3.63, 3.8) is 0 Å². The van der Waals surface area contributed by atoms with E-state index in [0.717, 1.165) is 0 Å². The molecule has 0 atom stereocenters. The molecule has 0 unspecified atom stereocenters. The molecule has 3 N–H and O–H groups in total. The number of hydrogen-bond donors (Lipinski definition) is 2. The monoisotopic (exact) mass is 358 g/mol. The predicted octanol–water partition coefficient (Wildman–Crippen LogP) is 2.19. The molecule has 1 aliphatic rings. The van der Waals surface area contributed by atoms with E-state index in [9.17, 15) is 9.59 Å². The molecule has 0 fully saturated rings. The number of anilines is 2. The van der Waals surface area contributed by atoms with E-state index >= 15 is 0 Å². The maximum atomic E-state index is 12.1. The zero-order valence-corrected chi connectivity index (χ0v) is 14.1. The molecule has 0 spiro atoms. The van der Waals surface area contributed by atoms with E-state index in [1.54, 1.807) is 25.1 Å². The molecule has 0 bridgehead atoms. The topological polar surface area (TPSA) is 109 Å². The molecule has 2 aromatic rings. The summed E-state index contributed by atoms with van der Waals surface area (Å²) in [7, 11) is 0. The van der Waals surface area contributed by atoms with Crippen molar-refractivity contribution >= 4 is 23.3 Å². The Morgan fingerprint density at radius 3 is 2.77 bits per heavy atom. The Labute approximate surface area is 149 Å². The molecule has 0 saturated carbocycles. The SMILES string of the molecule is CCOC(=O)c1ccc(N)c(OCC(=O)Nc2ccc3c(c2)OCO3)c1. The van der Waals surface area contributed by atoms with Crippen molar-refractivity contribution < 1.29 is 28.5 Å². The number of nitrogen functional groups attached to an aromatic ring is 1. The molecule has 1 aliphatic heterocycles. The van der Waals surface area contributed by atoms with Crippen LogP contribution in [0.25, 0.3) is 0 Å². The molecular formula is C18H18N2O6. The van der Waals surface area contributed by atoms with E-state index in [0.29, 0.717) is 28.4 Å². The van der Waals surface area contributed by atoms with Gasteiger partial charge in [-0.3, -0.25) is 4.79 Å². The minimum absolute atomic E-state index is 0.159. The van der Waals surface area contributed by atoms with E-state index in [-0.39, 0.29) is 31.7 Å². The number of carbonyl (C=O) groups is 2. The maximum absolute atomic E-state index is 12.1. The minimum Gasteiger partial charge on any atom is -0.482 e. The Hall–Kier alpha value is -3.42. The van der Waals surface area contributed by atoms with Gasteiger partial charge in [0, 0.05) is 11.8 Å². The number of nitrogens with one attached hydrogen (secondary N) is 1. The number of benzene rings is 2. The van der Waals surface area contributed by atoms with Gasteiger partial charge in [0.1, 0.15) is 5.75 Å². The molecule has 8 nitrogen and oxygen atoms in total. The van der Waals surface area contributed by atoms with Crippen LogP contribution in [0.2, 0.25) is 0 Å². The first kappa shape index (κ1) is 17.4. The number of esters is 1. The smallest absolute Gasteiger partial charge is 0.338 e. The number of ether oxygens (including phenoxy) is 4. The van der Waals surface area contributed by atoms with Crippen LogP contribution in [0.1, 0.15) is 17.3 Å². The van der Waals surface area contributed by atoms with Crippen molar-refractivity contribution in [1.29, 1.82) is 0 Å². The first-order chi connectivity index (χ1) is 12.6. The number of hydrogen-bond acceptors (Lipinski definition) is 7. The summed E-state index contributed by atoms with van der Waals surface area (Å²) < 4.78 is 20.8. The molecule has 8 heteroatoms.